The zero-order chi connectivity index (χ0) is 11.1. The first-order valence-electron chi connectivity index (χ1n) is 5.08. The highest BCUT2D eigenvalue weighted by atomic mass is 16.1. The Morgan fingerprint density at radius 1 is 1.27 bits per heavy atom. The van der Waals surface area contributed by atoms with Gasteiger partial charge in [-0.25, -0.2) is 0 Å². The van der Waals surface area contributed by atoms with E-state index in [0.717, 1.165) is 25.3 Å². The van der Waals surface area contributed by atoms with Crippen LogP contribution in [-0.4, -0.2) is 25.5 Å². The summed E-state index contributed by atoms with van der Waals surface area (Å²) in [6.07, 6.45) is 0. The van der Waals surface area contributed by atoms with Crippen LogP contribution in [0.2, 0.25) is 0 Å². The van der Waals surface area contributed by atoms with Crippen LogP contribution in [0.25, 0.3) is 0 Å². The van der Waals surface area contributed by atoms with Gasteiger partial charge in [-0.1, -0.05) is 6.92 Å². The fourth-order valence-corrected chi connectivity index (χ4v) is 1.22. The lowest BCUT2D eigenvalue weighted by molar-refractivity contribution is 0.100. The molecule has 82 valence electrons. The molecule has 15 heavy (non-hydrogen) atoms. The number of hydrogen-bond donors (Lipinski definition) is 3. The van der Waals surface area contributed by atoms with Crippen molar-refractivity contribution in [3.8, 4) is 0 Å². The van der Waals surface area contributed by atoms with Gasteiger partial charge in [-0.2, -0.15) is 0 Å². The smallest absolute Gasteiger partial charge is 0.248 e. The maximum Gasteiger partial charge on any atom is 0.248 e. The van der Waals surface area contributed by atoms with Crippen LogP contribution in [0.5, 0.6) is 0 Å². The van der Waals surface area contributed by atoms with Gasteiger partial charge in [0.05, 0.1) is 0 Å². The summed E-state index contributed by atoms with van der Waals surface area (Å²) in [4.78, 5) is 10.8. The number of hydrogen-bond acceptors (Lipinski definition) is 3. The molecule has 0 saturated heterocycles. The third-order valence-electron chi connectivity index (χ3n) is 2.05. The van der Waals surface area contributed by atoms with E-state index in [2.05, 4.69) is 17.6 Å². The molecule has 0 aliphatic rings. The first-order valence-corrected chi connectivity index (χ1v) is 5.08. The molecule has 0 heterocycles. The molecule has 4 N–H and O–H groups in total. The molecule has 4 heteroatoms. The van der Waals surface area contributed by atoms with Crippen molar-refractivity contribution < 1.29 is 4.79 Å². The van der Waals surface area contributed by atoms with Crippen molar-refractivity contribution in [1.29, 1.82) is 0 Å². The quantitative estimate of drug-likeness (QED) is 0.605. The summed E-state index contributed by atoms with van der Waals surface area (Å²) in [5.74, 6) is -0.394. The molecule has 0 saturated carbocycles. The van der Waals surface area contributed by atoms with Crippen LogP contribution in [0.4, 0.5) is 5.69 Å². The summed E-state index contributed by atoms with van der Waals surface area (Å²) in [5.41, 5.74) is 6.67. The monoisotopic (exact) mass is 207 g/mol. The van der Waals surface area contributed by atoms with E-state index in [9.17, 15) is 4.79 Å². The fraction of sp³-hybridized carbons (Fsp3) is 0.364. The van der Waals surface area contributed by atoms with Crippen LogP contribution >= 0.6 is 0 Å². The molecule has 1 amide bonds. The third-order valence-corrected chi connectivity index (χ3v) is 2.05. The van der Waals surface area contributed by atoms with Crippen LogP contribution < -0.4 is 16.4 Å². The first-order chi connectivity index (χ1) is 7.24. The van der Waals surface area contributed by atoms with E-state index in [1.807, 2.05) is 12.1 Å². The minimum Gasteiger partial charge on any atom is -0.384 e. The predicted molar refractivity (Wildman–Crippen MR) is 62.0 cm³/mol. The summed E-state index contributed by atoms with van der Waals surface area (Å²) < 4.78 is 0. The maximum absolute atomic E-state index is 10.8. The van der Waals surface area contributed by atoms with Crippen LogP contribution in [0, 0.1) is 0 Å². The van der Waals surface area contributed by atoms with Crippen molar-refractivity contribution in [2.24, 2.45) is 5.73 Å². The Balaban J connectivity index is 2.39. The SMILES string of the molecule is CCNCCNc1ccc(C(N)=O)cc1. The van der Waals surface area contributed by atoms with Gasteiger partial charge < -0.3 is 16.4 Å². The minimum absolute atomic E-state index is 0.394. The summed E-state index contributed by atoms with van der Waals surface area (Å²) >= 11 is 0. The van der Waals surface area contributed by atoms with E-state index in [4.69, 9.17) is 5.73 Å². The lowest BCUT2D eigenvalue weighted by Gasteiger charge is -2.06. The van der Waals surface area contributed by atoms with Crippen molar-refractivity contribution in [2.75, 3.05) is 25.0 Å². The first kappa shape index (κ1) is 11.5. The average Bonchev–Trinajstić information content (AvgIpc) is 2.25. The summed E-state index contributed by atoms with van der Waals surface area (Å²) in [7, 11) is 0. The molecule has 1 aromatic rings. The van der Waals surface area contributed by atoms with Crippen LogP contribution in [0.15, 0.2) is 24.3 Å². The van der Waals surface area contributed by atoms with Crippen molar-refractivity contribution in [3.05, 3.63) is 29.8 Å². The second kappa shape index (κ2) is 6.03. The van der Waals surface area contributed by atoms with Gasteiger partial charge in [-0.05, 0) is 30.8 Å². The van der Waals surface area contributed by atoms with Gasteiger partial charge in [0, 0.05) is 24.3 Å². The van der Waals surface area contributed by atoms with E-state index in [1.165, 1.54) is 0 Å². The minimum atomic E-state index is -0.394. The van der Waals surface area contributed by atoms with Gasteiger partial charge in [-0.15, -0.1) is 0 Å². The van der Waals surface area contributed by atoms with E-state index in [-0.39, 0.29) is 0 Å². The highest BCUT2D eigenvalue weighted by Gasteiger charge is 1.98. The van der Waals surface area contributed by atoms with Gasteiger partial charge in [0.2, 0.25) is 5.91 Å². The van der Waals surface area contributed by atoms with Gasteiger partial charge >= 0.3 is 0 Å². The predicted octanol–water partition coefficient (Wildman–Crippen LogP) is 0.807. The van der Waals surface area contributed by atoms with E-state index < -0.39 is 5.91 Å². The summed E-state index contributed by atoms with van der Waals surface area (Å²) in [5, 5.41) is 6.44. The van der Waals surface area contributed by atoms with Crippen LogP contribution in [0.1, 0.15) is 17.3 Å². The standard InChI is InChI=1S/C11H17N3O/c1-2-13-7-8-14-10-5-3-9(4-6-10)11(12)15/h3-6,13-14H,2,7-8H2,1H3,(H2,12,15). The summed E-state index contributed by atoms with van der Waals surface area (Å²) in [6, 6.07) is 7.15. The summed E-state index contributed by atoms with van der Waals surface area (Å²) in [6.45, 7) is 4.84. The molecule has 4 nitrogen and oxygen atoms in total. The third kappa shape index (κ3) is 3.99. The zero-order valence-corrected chi connectivity index (χ0v) is 8.92. The van der Waals surface area contributed by atoms with Gasteiger partial charge in [0.15, 0.2) is 0 Å². The topological polar surface area (TPSA) is 67.2 Å². The molecular formula is C11H17N3O. The lowest BCUT2D eigenvalue weighted by atomic mass is 10.2. The molecule has 0 aliphatic carbocycles. The number of likely N-dealkylation sites (N-methyl/N-ethyl adjacent to an activating group) is 1. The molecule has 0 bridgehead atoms. The van der Waals surface area contributed by atoms with E-state index >= 15 is 0 Å². The molecule has 0 unspecified atom stereocenters. The second-order valence-corrected chi connectivity index (χ2v) is 3.22. The molecule has 0 aliphatic heterocycles. The zero-order valence-electron chi connectivity index (χ0n) is 8.92. The van der Waals surface area contributed by atoms with Crippen molar-refractivity contribution >= 4 is 11.6 Å². The Morgan fingerprint density at radius 2 is 1.93 bits per heavy atom. The normalized spacial score (nSPS) is 9.93. The molecule has 0 radical (unpaired) electrons. The molecular weight excluding hydrogens is 190 g/mol. The number of rotatable bonds is 6. The molecule has 1 rings (SSSR count). The van der Waals surface area contributed by atoms with Crippen molar-refractivity contribution in [2.45, 2.75) is 6.92 Å². The van der Waals surface area contributed by atoms with Gasteiger partial charge in [-0.3, -0.25) is 4.79 Å². The Morgan fingerprint density at radius 3 is 2.47 bits per heavy atom. The fourth-order valence-electron chi connectivity index (χ4n) is 1.22. The highest BCUT2D eigenvalue weighted by molar-refractivity contribution is 5.93. The maximum atomic E-state index is 10.8. The number of benzene rings is 1. The van der Waals surface area contributed by atoms with Gasteiger partial charge in [0.1, 0.15) is 0 Å². The number of carbonyl (C=O) groups excluding carboxylic acids is 1. The molecule has 1 aromatic carbocycles. The number of carbonyl (C=O) groups is 1. The average molecular weight is 207 g/mol. The number of primary amides is 1. The van der Waals surface area contributed by atoms with E-state index in [1.54, 1.807) is 12.1 Å². The molecule has 0 atom stereocenters. The van der Waals surface area contributed by atoms with Crippen molar-refractivity contribution in [1.82, 2.24) is 5.32 Å². The van der Waals surface area contributed by atoms with Crippen LogP contribution in [-0.2, 0) is 0 Å². The molecule has 0 fully saturated rings. The Labute approximate surface area is 89.9 Å². The molecule has 0 spiro atoms. The lowest BCUT2D eigenvalue weighted by Crippen LogP contribution is -2.21. The molecule has 0 aromatic heterocycles. The Hall–Kier alpha value is -1.55. The Kier molecular flexibility index (Phi) is 4.63. The van der Waals surface area contributed by atoms with Gasteiger partial charge in [0.25, 0.3) is 0 Å². The number of nitrogens with two attached hydrogens (primary N) is 1. The number of anilines is 1. The number of nitrogens with one attached hydrogen (secondary N) is 2. The van der Waals surface area contributed by atoms with Crippen LogP contribution in [0.3, 0.4) is 0 Å². The highest BCUT2D eigenvalue weighted by Crippen LogP contribution is 2.08. The largest absolute Gasteiger partial charge is 0.384 e. The number of amides is 1. The van der Waals surface area contributed by atoms with E-state index in [0.29, 0.717) is 5.56 Å². The second-order valence-electron chi connectivity index (χ2n) is 3.22. The van der Waals surface area contributed by atoms with Crippen molar-refractivity contribution in [3.63, 3.8) is 0 Å². The Bertz CT molecular complexity index is 308.